The molecule has 0 aliphatic heterocycles. The maximum Gasteiger partial charge on any atom is 0.387 e. The van der Waals surface area contributed by atoms with Crippen LogP contribution in [0.3, 0.4) is 0 Å². The van der Waals surface area contributed by atoms with Gasteiger partial charge in [0.15, 0.2) is 17.4 Å². The zero-order valence-electron chi connectivity index (χ0n) is 14.9. The summed E-state index contributed by atoms with van der Waals surface area (Å²) in [6.45, 7) is 0.650. The summed E-state index contributed by atoms with van der Waals surface area (Å²) >= 11 is 0. The van der Waals surface area contributed by atoms with Crippen LogP contribution in [0.15, 0.2) is 24.8 Å². The zero-order chi connectivity index (χ0) is 18.7. The SMILES string of the molecule is C=C[C@H]1CC[C@H]([C@H]2CC[C@H](c3cc(F)c(OC(F)F)c(F)c3)CC2)CC1. The molecule has 0 atom stereocenters. The minimum absolute atomic E-state index is 0.0837. The second-order valence-electron chi connectivity index (χ2n) is 7.71. The molecule has 144 valence electrons. The molecular weight excluding hydrogens is 344 g/mol. The third-order valence-corrected chi connectivity index (χ3v) is 6.29. The first-order valence-electron chi connectivity index (χ1n) is 9.54. The summed E-state index contributed by atoms with van der Waals surface area (Å²) in [5, 5.41) is 0. The molecule has 0 aromatic heterocycles. The molecule has 0 spiro atoms. The summed E-state index contributed by atoms with van der Waals surface area (Å²) in [5.41, 5.74) is 0.551. The lowest BCUT2D eigenvalue weighted by atomic mass is 9.68. The van der Waals surface area contributed by atoms with Gasteiger partial charge in [0.25, 0.3) is 0 Å². The van der Waals surface area contributed by atoms with E-state index < -0.39 is 24.0 Å². The predicted molar refractivity (Wildman–Crippen MR) is 93.3 cm³/mol. The molecule has 0 bridgehead atoms. The van der Waals surface area contributed by atoms with Gasteiger partial charge in [0.05, 0.1) is 0 Å². The van der Waals surface area contributed by atoms with Crippen molar-refractivity contribution in [1.29, 1.82) is 0 Å². The molecular formula is C21H26F4O. The van der Waals surface area contributed by atoms with Crippen molar-refractivity contribution in [2.75, 3.05) is 0 Å². The maximum absolute atomic E-state index is 14.0. The topological polar surface area (TPSA) is 9.23 Å². The van der Waals surface area contributed by atoms with Gasteiger partial charge in [-0.1, -0.05) is 6.08 Å². The molecule has 0 radical (unpaired) electrons. The summed E-state index contributed by atoms with van der Waals surface area (Å²) < 4.78 is 56.3. The van der Waals surface area contributed by atoms with E-state index in [0.717, 1.165) is 43.7 Å². The van der Waals surface area contributed by atoms with Gasteiger partial charge in [-0.05, 0) is 92.7 Å². The Morgan fingerprint density at radius 1 is 0.885 bits per heavy atom. The van der Waals surface area contributed by atoms with Gasteiger partial charge < -0.3 is 4.74 Å². The highest BCUT2D eigenvalue weighted by Gasteiger charge is 2.31. The fourth-order valence-corrected chi connectivity index (χ4v) is 4.79. The van der Waals surface area contributed by atoms with Crippen molar-refractivity contribution in [2.45, 2.75) is 63.9 Å². The second-order valence-corrected chi connectivity index (χ2v) is 7.71. The highest BCUT2D eigenvalue weighted by atomic mass is 19.3. The van der Waals surface area contributed by atoms with Gasteiger partial charge in [0, 0.05) is 0 Å². The summed E-state index contributed by atoms with van der Waals surface area (Å²) in [6, 6.07) is 2.31. The number of allylic oxidation sites excluding steroid dienone is 1. The Kier molecular flexibility index (Phi) is 6.25. The van der Waals surface area contributed by atoms with Crippen LogP contribution in [0.25, 0.3) is 0 Å². The van der Waals surface area contributed by atoms with Gasteiger partial charge in [-0.15, -0.1) is 6.58 Å². The normalized spacial score (nSPS) is 29.6. The minimum Gasteiger partial charge on any atom is -0.429 e. The van der Waals surface area contributed by atoms with Crippen LogP contribution in [0.1, 0.15) is 62.8 Å². The average Bonchev–Trinajstić information content (AvgIpc) is 2.64. The number of hydrogen-bond acceptors (Lipinski definition) is 1. The molecule has 0 heterocycles. The fraction of sp³-hybridized carbons (Fsp3) is 0.619. The van der Waals surface area contributed by atoms with Crippen molar-refractivity contribution in [2.24, 2.45) is 17.8 Å². The lowest BCUT2D eigenvalue weighted by Crippen LogP contribution is -2.25. The molecule has 2 saturated carbocycles. The van der Waals surface area contributed by atoms with Gasteiger partial charge >= 0.3 is 6.61 Å². The van der Waals surface area contributed by atoms with E-state index in [1.807, 2.05) is 0 Å². The van der Waals surface area contributed by atoms with Gasteiger partial charge in [0.2, 0.25) is 0 Å². The number of benzene rings is 1. The molecule has 3 rings (SSSR count). The van der Waals surface area contributed by atoms with Crippen LogP contribution in [-0.4, -0.2) is 6.61 Å². The smallest absolute Gasteiger partial charge is 0.387 e. The van der Waals surface area contributed by atoms with E-state index in [2.05, 4.69) is 17.4 Å². The third kappa shape index (κ3) is 4.41. The molecule has 26 heavy (non-hydrogen) atoms. The van der Waals surface area contributed by atoms with E-state index in [1.165, 1.54) is 25.7 Å². The largest absolute Gasteiger partial charge is 0.429 e. The molecule has 2 aliphatic carbocycles. The van der Waals surface area contributed by atoms with E-state index in [9.17, 15) is 17.6 Å². The monoisotopic (exact) mass is 370 g/mol. The summed E-state index contributed by atoms with van der Waals surface area (Å²) in [4.78, 5) is 0. The molecule has 2 aliphatic rings. The number of halogens is 4. The molecule has 0 N–H and O–H groups in total. The van der Waals surface area contributed by atoms with Gasteiger partial charge in [-0.25, -0.2) is 8.78 Å². The van der Waals surface area contributed by atoms with Crippen LogP contribution < -0.4 is 4.74 Å². The summed E-state index contributed by atoms with van der Waals surface area (Å²) in [6.07, 6.45) is 10.9. The average molecular weight is 370 g/mol. The Hall–Kier alpha value is -1.52. The van der Waals surface area contributed by atoms with Crippen LogP contribution >= 0.6 is 0 Å². The minimum atomic E-state index is -3.24. The molecule has 0 unspecified atom stereocenters. The zero-order valence-corrected chi connectivity index (χ0v) is 14.9. The lowest BCUT2D eigenvalue weighted by molar-refractivity contribution is -0.0546. The fourth-order valence-electron chi connectivity index (χ4n) is 4.79. The Morgan fingerprint density at radius 2 is 1.38 bits per heavy atom. The number of rotatable bonds is 5. The highest BCUT2D eigenvalue weighted by molar-refractivity contribution is 5.33. The molecule has 0 amide bonds. The van der Waals surface area contributed by atoms with Crippen LogP contribution in [0.4, 0.5) is 17.6 Å². The van der Waals surface area contributed by atoms with Gasteiger partial charge in [-0.2, -0.15) is 8.78 Å². The van der Waals surface area contributed by atoms with Crippen molar-refractivity contribution in [3.63, 3.8) is 0 Å². The molecule has 1 aromatic carbocycles. The number of ether oxygens (including phenoxy) is 1. The third-order valence-electron chi connectivity index (χ3n) is 6.29. The van der Waals surface area contributed by atoms with Crippen molar-refractivity contribution in [3.8, 4) is 5.75 Å². The molecule has 5 heteroatoms. The summed E-state index contributed by atoms with van der Waals surface area (Å²) in [5.74, 6) is -0.912. The van der Waals surface area contributed by atoms with Crippen LogP contribution in [0.2, 0.25) is 0 Å². The molecule has 1 aromatic rings. The van der Waals surface area contributed by atoms with Crippen molar-refractivity contribution >= 4 is 0 Å². The summed E-state index contributed by atoms with van der Waals surface area (Å²) in [7, 11) is 0. The van der Waals surface area contributed by atoms with Gasteiger partial charge in [0.1, 0.15) is 0 Å². The van der Waals surface area contributed by atoms with Crippen molar-refractivity contribution in [3.05, 3.63) is 42.0 Å². The first-order valence-corrected chi connectivity index (χ1v) is 9.54. The number of hydrogen-bond donors (Lipinski definition) is 0. The Bertz CT molecular complexity index is 591. The van der Waals surface area contributed by atoms with E-state index in [1.54, 1.807) is 0 Å². The Balaban J connectivity index is 1.59. The predicted octanol–water partition coefficient (Wildman–Crippen LogP) is 6.83. The standard InChI is InChI=1S/C21H26F4O/c1-2-13-3-5-14(6-4-13)15-7-9-16(10-8-15)17-11-18(22)20(19(23)12-17)26-21(24)25/h2,11-16,21H,1,3-10H2/t13-,14-,15-,16-. The quantitative estimate of drug-likeness (QED) is 0.408. The maximum atomic E-state index is 14.0. The first kappa shape index (κ1) is 19.2. The Morgan fingerprint density at radius 3 is 1.85 bits per heavy atom. The first-order chi connectivity index (χ1) is 12.5. The molecule has 1 nitrogen and oxygen atoms in total. The molecule has 2 fully saturated rings. The Labute approximate surface area is 152 Å². The highest BCUT2D eigenvalue weighted by Crippen LogP contribution is 2.44. The van der Waals surface area contributed by atoms with E-state index in [4.69, 9.17) is 0 Å². The van der Waals surface area contributed by atoms with E-state index in [-0.39, 0.29) is 5.92 Å². The van der Waals surface area contributed by atoms with Crippen LogP contribution in [0.5, 0.6) is 5.75 Å². The van der Waals surface area contributed by atoms with Crippen LogP contribution in [0, 0.1) is 29.4 Å². The van der Waals surface area contributed by atoms with Crippen molar-refractivity contribution in [1.82, 2.24) is 0 Å². The van der Waals surface area contributed by atoms with E-state index in [0.29, 0.717) is 17.4 Å². The van der Waals surface area contributed by atoms with E-state index >= 15 is 0 Å². The van der Waals surface area contributed by atoms with Crippen LogP contribution in [-0.2, 0) is 0 Å². The second kappa shape index (κ2) is 8.45. The molecule has 0 saturated heterocycles. The lowest BCUT2D eigenvalue weighted by Gasteiger charge is -2.37. The van der Waals surface area contributed by atoms with Gasteiger partial charge in [-0.3, -0.25) is 0 Å². The number of alkyl halides is 2. The van der Waals surface area contributed by atoms with Crippen molar-refractivity contribution < 1.29 is 22.3 Å².